The summed E-state index contributed by atoms with van der Waals surface area (Å²) in [6, 6.07) is 13.1. The van der Waals surface area contributed by atoms with Crippen LogP contribution < -0.4 is 10.1 Å². The number of aromatic nitrogens is 3. The number of nitro benzene ring substituents is 1. The number of ether oxygens (including phenoxy) is 1. The van der Waals surface area contributed by atoms with E-state index in [9.17, 15) is 23.7 Å². The van der Waals surface area contributed by atoms with Crippen molar-refractivity contribution in [3.8, 4) is 11.5 Å². The maximum atomic E-state index is 13.8. The number of nitrogens with zero attached hydrogens (tertiary/aromatic N) is 4. The summed E-state index contributed by atoms with van der Waals surface area (Å²) < 4.78 is 34.1. The first kappa shape index (κ1) is 23.1. The smallest absolute Gasteiger partial charge is 0.364 e. The molecule has 4 rings (SSSR count). The molecule has 1 amide bonds. The van der Waals surface area contributed by atoms with E-state index in [1.54, 1.807) is 18.2 Å². The van der Waals surface area contributed by atoms with Crippen LogP contribution in [0.15, 0.2) is 54.6 Å². The van der Waals surface area contributed by atoms with Crippen molar-refractivity contribution in [2.75, 3.05) is 5.32 Å². The van der Waals surface area contributed by atoms with Gasteiger partial charge in [0.05, 0.1) is 16.7 Å². The normalized spacial score (nSPS) is 11.4. The Labute approximate surface area is 196 Å². The molecule has 34 heavy (non-hydrogen) atoms. The van der Waals surface area contributed by atoms with Crippen molar-refractivity contribution in [2.24, 2.45) is 0 Å². The first-order chi connectivity index (χ1) is 16.0. The second-order valence-corrected chi connectivity index (χ2v) is 7.90. The molecule has 0 saturated heterocycles. The van der Waals surface area contributed by atoms with Gasteiger partial charge in [-0.1, -0.05) is 12.1 Å². The van der Waals surface area contributed by atoms with E-state index in [2.05, 4.69) is 15.4 Å². The van der Waals surface area contributed by atoms with E-state index in [-0.39, 0.29) is 34.2 Å². The Morgan fingerprint density at radius 3 is 2.59 bits per heavy atom. The van der Waals surface area contributed by atoms with Gasteiger partial charge < -0.3 is 10.1 Å². The summed E-state index contributed by atoms with van der Waals surface area (Å²) in [6.07, 6.45) is 0. The summed E-state index contributed by atoms with van der Waals surface area (Å²) in [5.74, 6) is -0.227. The number of hydrogen-bond acceptors (Lipinski definition) is 6. The Balaban J connectivity index is 1.67. The molecule has 0 fully saturated rings. The van der Waals surface area contributed by atoms with Gasteiger partial charge in [-0.15, -0.1) is 0 Å². The predicted molar refractivity (Wildman–Crippen MR) is 120 cm³/mol. The van der Waals surface area contributed by atoms with Crippen molar-refractivity contribution in [1.82, 2.24) is 14.6 Å². The van der Waals surface area contributed by atoms with Crippen molar-refractivity contribution in [3.63, 3.8) is 0 Å². The number of hydrogen-bond donors (Lipinski definition) is 1. The number of anilines is 1. The van der Waals surface area contributed by atoms with E-state index in [1.165, 1.54) is 25.1 Å². The number of carbonyl (C=O) groups is 1. The second-order valence-electron chi connectivity index (χ2n) is 7.43. The summed E-state index contributed by atoms with van der Waals surface area (Å²) in [4.78, 5) is 27.6. The fraction of sp³-hybridized carbons (Fsp3) is 0.136. The van der Waals surface area contributed by atoms with Crippen LogP contribution in [-0.4, -0.2) is 25.4 Å². The first-order valence-corrected chi connectivity index (χ1v) is 10.2. The number of fused-ring (bicyclic) bond motifs is 1. The molecular formula is C22H16ClF2N5O4. The molecule has 2 aromatic heterocycles. The Bertz CT molecular complexity index is 1430. The van der Waals surface area contributed by atoms with Crippen LogP contribution in [0.1, 0.15) is 27.4 Å². The van der Waals surface area contributed by atoms with Crippen LogP contribution in [0.5, 0.6) is 11.5 Å². The second kappa shape index (κ2) is 8.67. The lowest BCUT2D eigenvalue weighted by Gasteiger charge is -2.10. The molecule has 0 radical (unpaired) electrons. The number of benzene rings is 2. The van der Waals surface area contributed by atoms with Crippen molar-refractivity contribution in [3.05, 3.63) is 87.4 Å². The van der Waals surface area contributed by atoms with E-state index in [0.717, 1.165) is 22.2 Å². The number of carbonyl (C=O) groups excluding carboxylic acids is 1. The maximum absolute atomic E-state index is 13.8. The van der Waals surface area contributed by atoms with E-state index < -0.39 is 21.9 Å². The molecule has 2 aromatic carbocycles. The predicted octanol–water partition coefficient (Wildman–Crippen LogP) is 5.59. The molecule has 0 bridgehead atoms. The minimum Gasteiger partial charge on any atom is -0.457 e. The first-order valence-electron chi connectivity index (χ1n) is 9.79. The van der Waals surface area contributed by atoms with Gasteiger partial charge in [0, 0.05) is 23.9 Å². The number of non-ortho nitro benzene ring substituents is 1. The van der Waals surface area contributed by atoms with Gasteiger partial charge in [0.2, 0.25) is 0 Å². The van der Waals surface area contributed by atoms with Crippen LogP contribution in [0.4, 0.5) is 20.2 Å². The van der Waals surface area contributed by atoms with Gasteiger partial charge in [-0.25, -0.2) is 9.50 Å². The number of nitrogens with one attached hydrogen (secondary N) is 1. The third kappa shape index (κ3) is 4.94. The topological polar surface area (TPSA) is 112 Å². The molecule has 1 N–H and O–H groups in total. The summed E-state index contributed by atoms with van der Waals surface area (Å²) in [6.45, 7) is 3.36. The standard InChI is InChI=1S/C22H16ClF2N5O4/c1-12-4-3-5-16(6-12)34-17-9-14(8-15(10-17)30(32)33)27-21(31)18-11-20-26-13(2)7-19(22(23,24)25)29(20)28-18/h3-11H,1-2H3,(H,27,31). The van der Waals surface area contributed by atoms with Crippen LogP contribution in [0.25, 0.3) is 5.65 Å². The third-order valence-corrected chi connectivity index (χ3v) is 4.86. The molecule has 9 nitrogen and oxygen atoms in total. The molecule has 0 unspecified atom stereocenters. The number of aryl methyl sites for hydroxylation is 2. The van der Waals surface area contributed by atoms with Crippen LogP contribution in [-0.2, 0) is 5.38 Å². The fourth-order valence-corrected chi connectivity index (χ4v) is 3.38. The number of halogens is 3. The van der Waals surface area contributed by atoms with Gasteiger partial charge >= 0.3 is 5.38 Å². The molecular weight excluding hydrogens is 472 g/mol. The fourth-order valence-electron chi connectivity index (χ4n) is 3.24. The van der Waals surface area contributed by atoms with E-state index in [0.29, 0.717) is 5.75 Å². The quantitative estimate of drug-likeness (QED) is 0.216. The van der Waals surface area contributed by atoms with Crippen LogP contribution in [0.3, 0.4) is 0 Å². The van der Waals surface area contributed by atoms with Crippen molar-refractivity contribution >= 4 is 34.5 Å². The highest BCUT2D eigenvalue weighted by atomic mass is 35.5. The summed E-state index contributed by atoms with van der Waals surface area (Å²) in [5, 5.41) is 14.0. The van der Waals surface area contributed by atoms with Crippen molar-refractivity contribution in [2.45, 2.75) is 19.2 Å². The minimum atomic E-state index is -3.74. The highest BCUT2D eigenvalue weighted by molar-refractivity contribution is 6.21. The monoisotopic (exact) mass is 487 g/mol. The Morgan fingerprint density at radius 2 is 1.91 bits per heavy atom. The number of nitro groups is 1. The molecule has 0 aliphatic rings. The Morgan fingerprint density at radius 1 is 1.15 bits per heavy atom. The summed E-state index contributed by atoms with van der Waals surface area (Å²) >= 11 is 5.17. The molecule has 0 atom stereocenters. The lowest BCUT2D eigenvalue weighted by molar-refractivity contribution is -0.384. The lowest BCUT2D eigenvalue weighted by Crippen LogP contribution is -2.15. The Kier molecular flexibility index (Phi) is 5.88. The third-order valence-electron chi connectivity index (χ3n) is 4.66. The SMILES string of the molecule is Cc1cccc(Oc2cc(NC(=O)c3cc4nc(C)cc(C(F)(F)Cl)n4n3)cc([N+](=O)[O-])c2)c1. The number of rotatable bonds is 6. The molecule has 0 saturated carbocycles. The van der Waals surface area contributed by atoms with Crippen LogP contribution >= 0.6 is 11.6 Å². The molecule has 0 spiro atoms. The van der Waals surface area contributed by atoms with Gasteiger partial charge in [-0.2, -0.15) is 13.9 Å². The zero-order chi connectivity index (χ0) is 24.6. The minimum absolute atomic E-state index is 0.0111. The summed E-state index contributed by atoms with van der Waals surface area (Å²) in [7, 11) is 0. The van der Waals surface area contributed by atoms with Crippen molar-refractivity contribution in [1.29, 1.82) is 0 Å². The average Bonchev–Trinajstić information content (AvgIpc) is 3.16. The Hall–Kier alpha value is -4.12. The average molecular weight is 488 g/mol. The van der Waals surface area contributed by atoms with Gasteiger partial charge in [0.25, 0.3) is 11.6 Å². The maximum Gasteiger partial charge on any atom is 0.364 e. The zero-order valence-corrected chi connectivity index (χ0v) is 18.5. The molecule has 12 heteroatoms. The van der Waals surface area contributed by atoms with E-state index >= 15 is 0 Å². The van der Waals surface area contributed by atoms with E-state index in [1.807, 2.05) is 13.0 Å². The summed E-state index contributed by atoms with van der Waals surface area (Å²) in [5.41, 5.74) is -0.000991. The number of alkyl halides is 3. The molecule has 2 heterocycles. The zero-order valence-electron chi connectivity index (χ0n) is 17.8. The highest BCUT2D eigenvalue weighted by Crippen LogP contribution is 2.33. The molecule has 0 aliphatic heterocycles. The number of amides is 1. The van der Waals surface area contributed by atoms with Gasteiger partial charge in [-0.3, -0.25) is 14.9 Å². The van der Waals surface area contributed by atoms with Crippen LogP contribution in [0.2, 0.25) is 0 Å². The lowest BCUT2D eigenvalue weighted by atomic mass is 10.2. The van der Waals surface area contributed by atoms with Gasteiger partial charge in [0.15, 0.2) is 11.3 Å². The van der Waals surface area contributed by atoms with Crippen molar-refractivity contribution < 1.29 is 23.2 Å². The van der Waals surface area contributed by atoms with Gasteiger partial charge in [0.1, 0.15) is 17.2 Å². The molecule has 174 valence electrons. The highest BCUT2D eigenvalue weighted by Gasteiger charge is 2.32. The van der Waals surface area contributed by atoms with E-state index in [4.69, 9.17) is 16.3 Å². The van der Waals surface area contributed by atoms with Crippen LogP contribution in [0, 0.1) is 24.0 Å². The largest absolute Gasteiger partial charge is 0.457 e. The molecule has 4 aromatic rings. The molecule has 0 aliphatic carbocycles. The van der Waals surface area contributed by atoms with Gasteiger partial charge in [-0.05, 0) is 49.2 Å².